The Bertz CT molecular complexity index is 945. The van der Waals surface area contributed by atoms with Crippen LogP contribution < -0.4 is 10.1 Å². The minimum absolute atomic E-state index is 0.173. The second-order valence-corrected chi connectivity index (χ2v) is 7.44. The van der Waals surface area contributed by atoms with Crippen LogP contribution in [0.2, 0.25) is 0 Å². The van der Waals surface area contributed by atoms with E-state index in [0.29, 0.717) is 0 Å². The summed E-state index contributed by atoms with van der Waals surface area (Å²) in [5.41, 5.74) is -0.0861. The van der Waals surface area contributed by atoms with Crippen LogP contribution in [0.4, 0.5) is 0 Å². The summed E-state index contributed by atoms with van der Waals surface area (Å²) < 4.78 is 10.4. The summed E-state index contributed by atoms with van der Waals surface area (Å²) in [6, 6.07) is 13.6. The zero-order chi connectivity index (χ0) is 20.3. The van der Waals surface area contributed by atoms with Crippen molar-refractivity contribution in [3.63, 3.8) is 0 Å². The molecule has 1 N–H and O–H groups in total. The van der Waals surface area contributed by atoms with Crippen LogP contribution in [0.15, 0.2) is 36.4 Å². The van der Waals surface area contributed by atoms with Crippen LogP contribution in [0.1, 0.15) is 38.2 Å². The topological polar surface area (TPSA) is 88.4 Å². The summed E-state index contributed by atoms with van der Waals surface area (Å²) in [6.07, 6.45) is 1.85. The Labute approximate surface area is 164 Å². The van der Waals surface area contributed by atoms with Gasteiger partial charge in [0, 0.05) is 0 Å². The highest BCUT2D eigenvalue weighted by atomic mass is 16.5. The number of fused-ring (bicyclic) bond motifs is 1. The van der Waals surface area contributed by atoms with Crippen molar-refractivity contribution in [3.8, 4) is 11.8 Å². The second kappa shape index (κ2) is 7.89. The molecule has 0 heterocycles. The third-order valence-corrected chi connectivity index (χ3v) is 5.30. The normalized spacial score (nSPS) is 16.5. The number of ether oxygens (including phenoxy) is 2. The van der Waals surface area contributed by atoms with Crippen molar-refractivity contribution in [2.75, 3.05) is 13.7 Å². The van der Waals surface area contributed by atoms with E-state index < -0.39 is 29.9 Å². The van der Waals surface area contributed by atoms with Crippen LogP contribution in [0.3, 0.4) is 0 Å². The average molecular weight is 380 g/mol. The molecule has 0 bridgehead atoms. The molecule has 1 aliphatic carbocycles. The lowest BCUT2D eigenvalue weighted by Gasteiger charge is -2.22. The van der Waals surface area contributed by atoms with Gasteiger partial charge in [-0.2, -0.15) is 5.26 Å². The van der Waals surface area contributed by atoms with Crippen molar-refractivity contribution >= 4 is 22.6 Å². The second-order valence-electron chi connectivity index (χ2n) is 7.44. The molecule has 0 aromatic heterocycles. The largest absolute Gasteiger partial charge is 0.497 e. The molecule has 2 atom stereocenters. The first-order chi connectivity index (χ1) is 13.4. The molecule has 6 heteroatoms. The average Bonchev–Trinajstić information content (AvgIpc) is 3.56. The number of nitriles is 1. The first kappa shape index (κ1) is 19.7. The van der Waals surface area contributed by atoms with Gasteiger partial charge in [0.25, 0.3) is 5.91 Å². The molecule has 28 heavy (non-hydrogen) atoms. The van der Waals surface area contributed by atoms with Crippen molar-refractivity contribution in [2.24, 2.45) is 5.92 Å². The molecular weight excluding hydrogens is 356 g/mol. The summed E-state index contributed by atoms with van der Waals surface area (Å²) in [5, 5.41) is 14.0. The molecule has 1 fully saturated rings. The third-order valence-electron chi connectivity index (χ3n) is 5.30. The molecule has 6 nitrogen and oxygen atoms in total. The quantitative estimate of drug-likeness (QED) is 0.745. The molecule has 1 aliphatic rings. The van der Waals surface area contributed by atoms with Crippen LogP contribution in [0.5, 0.6) is 5.75 Å². The zero-order valence-electron chi connectivity index (χ0n) is 16.3. The standard InChI is InChI=1S/C22H24N2O4/c1-14(15-4-5-17-11-19(27-3)9-6-16(17)10-15)21(26)28-12-20(25)24-22(2,13-23)18-7-8-18/h4-6,9-11,14,18H,7-8,12H2,1-3H3,(H,24,25)/t14-,22-/m0/s1. The van der Waals surface area contributed by atoms with E-state index in [1.165, 1.54) is 0 Å². The molecule has 0 aliphatic heterocycles. The number of nitrogens with one attached hydrogen (secondary N) is 1. The Morgan fingerprint density at radius 1 is 1.25 bits per heavy atom. The van der Waals surface area contributed by atoms with E-state index in [1.807, 2.05) is 36.4 Å². The Morgan fingerprint density at radius 3 is 2.57 bits per heavy atom. The summed E-state index contributed by atoms with van der Waals surface area (Å²) in [6.45, 7) is 3.06. The Morgan fingerprint density at radius 2 is 1.93 bits per heavy atom. The number of benzene rings is 2. The van der Waals surface area contributed by atoms with Gasteiger partial charge in [0.05, 0.1) is 19.1 Å². The monoisotopic (exact) mass is 380 g/mol. The van der Waals surface area contributed by atoms with Crippen LogP contribution in [0, 0.1) is 17.2 Å². The van der Waals surface area contributed by atoms with E-state index in [2.05, 4.69) is 11.4 Å². The Hall–Kier alpha value is -3.07. The van der Waals surface area contributed by atoms with Crippen LogP contribution >= 0.6 is 0 Å². The smallest absolute Gasteiger partial charge is 0.313 e. The molecule has 1 amide bonds. The lowest BCUT2D eigenvalue weighted by Crippen LogP contribution is -2.48. The minimum atomic E-state index is -0.894. The Balaban J connectivity index is 1.60. The Kier molecular flexibility index (Phi) is 5.55. The highest BCUT2D eigenvalue weighted by molar-refractivity contribution is 5.87. The van der Waals surface area contributed by atoms with Crippen molar-refractivity contribution in [1.29, 1.82) is 5.26 Å². The van der Waals surface area contributed by atoms with E-state index in [-0.39, 0.29) is 5.92 Å². The molecular formula is C22H24N2O4. The van der Waals surface area contributed by atoms with Gasteiger partial charge < -0.3 is 14.8 Å². The first-order valence-corrected chi connectivity index (χ1v) is 9.33. The number of carbonyl (C=O) groups excluding carboxylic acids is 2. The SMILES string of the molecule is COc1ccc2cc([C@H](C)C(=O)OCC(=O)N[C@@](C)(C#N)C3CC3)ccc2c1. The first-order valence-electron chi connectivity index (χ1n) is 9.33. The van der Waals surface area contributed by atoms with Crippen molar-refractivity contribution in [1.82, 2.24) is 5.32 Å². The third kappa shape index (κ3) is 4.25. The molecule has 2 aromatic rings. The van der Waals surface area contributed by atoms with E-state index >= 15 is 0 Å². The van der Waals surface area contributed by atoms with Gasteiger partial charge in [0.15, 0.2) is 6.61 Å². The number of hydrogen-bond donors (Lipinski definition) is 1. The highest BCUT2D eigenvalue weighted by Gasteiger charge is 2.43. The molecule has 0 radical (unpaired) electrons. The fraction of sp³-hybridized carbons (Fsp3) is 0.409. The lowest BCUT2D eigenvalue weighted by molar-refractivity contribution is -0.150. The van der Waals surface area contributed by atoms with Crippen LogP contribution in [-0.2, 0) is 14.3 Å². The molecule has 0 spiro atoms. The number of rotatable bonds is 7. The molecule has 2 aromatic carbocycles. The van der Waals surface area contributed by atoms with Gasteiger partial charge in [-0.05, 0) is 61.1 Å². The maximum Gasteiger partial charge on any atom is 0.313 e. The number of methoxy groups -OCH3 is 1. The molecule has 3 rings (SSSR count). The molecule has 1 saturated carbocycles. The molecule has 0 saturated heterocycles. The maximum absolute atomic E-state index is 12.4. The fourth-order valence-electron chi connectivity index (χ4n) is 3.24. The van der Waals surface area contributed by atoms with E-state index in [4.69, 9.17) is 9.47 Å². The molecule has 0 unspecified atom stereocenters. The van der Waals surface area contributed by atoms with Gasteiger partial charge >= 0.3 is 5.97 Å². The van der Waals surface area contributed by atoms with Gasteiger partial charge in [0.2, 0.25) is 0 Å². The number of esters is 1. The van der Waals surface area contributed by atoms with Gasteiger partial charge in [-0.1, -0.05) is 24.3 Å². The highest BCUT2D eigenvalue weighted by Crippen LogP contribution is 2.39. The number of hydrogen-bond acceptors (Lipinski definition) is 5. The summed E-state index contributed by atoms with van der Waals surface area (Å²) in [7, 11) is 1.62. The van der Waals surface area contributed by atoms with Gasteiger partial charge in [-0.15, -0.1) is 0 Å². The predicted octanol–water partition coefficient (Wildman–Crippen LogP) is 3.30. The van der Waals surface area contributed by atoms with Crippen molar-refractivity contribution in [2.45, 2.75) is 38.1 Å². The summed E-state index contributed by atoms with van der Waals surface area (Å²) in [4.78, 5) is 24.5. The van der Waals surface area contributed by atoms with Crippen LogP contribution in [0.25, 0.3) is 10.8 Å². The zero-order valence-corrected chi connectivity index (χ0v) is 16.3. The minimum Gasteiger partial charge on any atom is -0.497 e. The van der Waals surface area contributed by atoms with E-state index in [1.54, 1.807) is 21.0 Å². The van der Waals surface area contributed by atoms with E-state index in [0.717, 1.165) is 34.9 Å². The number of amides is 1. The maximum atomic E-state index is 12.4. The number of carbonyl (C=O) groups is 2. The summed E-state index contributed by atoms with van der Waals surface area (Å²) in [5.74, 6) is -0.498. The summed E-state index contributed by atoms with van der Waals surface area (Å²) >= 11 is 0. The van der Waals surface area contributed by atoms with Crippen molar-refractivity contribution in [3.05, 3.63) is 42.0 Å². The lowest BCUT2D eigenvalue weighted by atomic mass is 9.97. The predicted molar refractivity (Wildman–Crippen MR) is 105 cm³/mol. The fourth-order valence-corrected chi connectivity index (χ4v) is 3.24. The van der Waals surface area contributed by atoms with Gasteiger partial charge in [-0.3, -0.25) is 9.59 Å². The van der Waals surface area contributed by atoms with Crippen LogP contribution in [-0.4, -0.2) is 31.1 Å². The number of nitrogens with zero attached hydrogens (tertiary/aromatic N) is 1. The van der Waals surface area contributed by atoms with Crippen molar-refractivity contribution < 1.29 is 19.1 Å². The van der Waals surface area contributed by atoms with Gasteiger partial charge in [-0.25, -0.2) is 0 Å². The van der Waals surface area contributed by atoms with Gasteiger partial charge in [0.1, 0.15) is 11.3 Å². The van der Waals surface area contributed by atoms with E-state index in [9.17, 15) is 14.9 Å². The molecule has 146 valence electrons.